The van der Waals surface area contributed by atoms with Crippen LogP contribution in [0.2, 0.25) is 0 Å². The van der Waals surface area contributed by atoms with E-state index in [0.717, 1.165) is 27.9 Å². The highest BCUT2D eigenvalue weighted by Gasteiger charge is 2.47. The molecule has 0 spiro atoms. The lowest BCUT2D eigenvalue weighted by Crippen LogP contribution is -2.39. The molecule has 0 saturated carbocycles. The van der Waals surface area contributed by atoms with Crippen LogP contribution in [0.25, 0.3) is 0 Å². The fourth-order valence-corrected chi connectivity index (χ4v) is 6.78. The number of sulfone groups is 1. The molecule has 0 amide bonds. The number of ether oxygens (including phenoxy) is 1. The maximum atomic E-state index is 12.2. The summed E-state index contributed by atoms with van der Waals surface area (Å²) in [4.78, 5) is 6.97. The number of hydrogen-bond acceptors (Lipinski definition) is 6. The summed E-state index contributed by atoms with van der Waals surface area (Å²) in [7, 11) is -1.38. The van der Waals surface area contributed by atoms with E-state index in [1.165, 1.54) is 11.1 Å². The van der Waals surface area contributed by atoms with Crippen LogP contribution in [0.1, 0.15) is 16.7 Å². The van der Waals surface area contributed by atoms with Crippen LogP contribution in [0.3, 0.4) is 0 Å². The lowest BCUT2D eigenvalue weighted by molar-refractivity contribution is 0.414. The highest BCUT2D eigenvalue weighted by molar-refractivity contribution is 8.13. The number of anilines is 1. The lowest BCUT2D eigenvalue weighted by Gasteiger charge is -2.28. The molecule has 4 rings (SSSR count). The SMILES string of the molecule is COc1ccc(CSC2=N[C@H]3CS(=O)(=O)C[C@H]3N2c2ccc(C)cc2C)cc1. The minimum absolute atomic E-state index is 0.107. The van der Waals surface area contributed by atoms with Crippen molar-refractivity contribution in [2.24, 2.45) is 4.99 Å². The number of aryl methyl sites for hydroxylation is 2. The van der Waals surface area contributed by atoms with Crippen LogP contribution in [-0.2, 0) is 15.6 Å². The minimum atomic E-state index is -3.04. The average molecular weight is 417 g/mol. The maximum absolute atomic E-state index is 12.2. The van der Waals surface area contributed by atoms with Crippen molar-refractivity contribution in [1.29, 1.82) is 0 Å². The second kappa shape index (κ2) is 7.44. The Morgan fingerprint density at radius 2 is 1.89 bits per heavy atom. The molecule has 0 unspecified atom stereocenters. The van der Waals surface area contributed by atoms with Gasteiger partial charge in [0.25, 0.3) is 0 Å². The molecule has 0 bridgehead atoms. The van der Waals surface area contributed by atoms with Crippen LogP contribution in [-0.4, -0.2) is 44.3 Å². The number of hydrogen-bond donors (Lipinski definition) is 0. The zero-order valence-electron chi connectivity index (χ0n) is 16.3. The molecule has 2 aliphatic rings. The average Bonchev–Trinajstić information content (AvgIpc) is 3.12. The number of amidine groups is 1. The molecule has 2 aromatic carbocycles. The fraction of sp³-hybridized carbons (Fsp3) is 0.381. The number of nitrogens with zero attached hydrogens (tertiary/aromatic N) is 2. The van der Waals surface area contributed by atoms with E-state index in [-0.39, 0.29) is 23.6 Å². The third kappa shape index (κ3) is 3.78. The number of aliphatic imine (C=N–C) groups is 1. The van der Waals surface area contributed by atoms with E-state index >= 15 is 0 Å². The van der Waals surface area contributed by atoms with Gasteiger partial charge in [0.15, 0.2) is 15.0 Å². The first-order valence-electron chi connectivity index (χ1n) is 9.27. The number of benzene rings is 2. The Balaban J connectivity index is 1.61. The fourth-order valence-electron chi connectivity index (χ4n) is 3.86. The molecule has 148 valence electrons. The van der Waals surface area contributed by atoms with Crippen molar-refractivity contribution in [2.45, 2.75) is 31.7 Å². The smallest absolute Gasteiger partial charge is 0.164 e. The first-order valence-corrected chi connectivity index (χ1v) is 12.1. The van der Waals surface area contributed by atoms with Gasteiger partial charge in [0.1, 0.15) is 5.75 Å². The number of fused-ring (bicyclic) bond motifs is 1. The minimum Gasteiger partial charge on any atom is -0.497 e. The van der Waals surface area contributed by atoms with Crippen LogP contribution in [0.15, 0.2) is 47.5 Å². The van der Waals surface area contributed by atoms with Gasteiger partial charge in [-0.3, -0.25) is 4.99 Å². The van der Waals surface area contributed by atoms with Crippen molar-refractivity contribution in [3.8, 4) is 5.75 Å². The topological polar surface area (TPSA) is 59.0 Å². The van der Waals surface area contributed by atoms with Crippen LogP contribution < -0.4 is 9.64 Å². The van der Waals surface area contributed by atoms with E-state index in [4.69, 9.17) is 9.73 Å². The molecule has 0 N–H and O–H groups in total. The first kappa shape index (κ1) is 19.3. The number of thioether (sulfide) groups is 1. The van der Waals surface area contributed by atoms with Gasteiger partial charge in [0.2, 0.25) is 0 Å². The Kier molecular flexibility index (Phi) is 5.14. The van der Waals surface area contributed by atoms with Gasteiger partial charge in [0.05, 0.1) is 30.7 Å². The zero-order valence-corrected chi connectivity index (χ0v) is 17.9. The summed E-state index contributed by atoms with van der Waals surface area (Å²) in [6.45, 7) is 4.14. The molecule has 2 atom stereocenters. The van der Waals surface area contributed by atoms with Crippen LogP contribution in [0.4, 0.5) is 5.69 Å². The van der Waals surface area contributed by atoms with Gasteiger partial charge in [-0.15, -0.1) is 0 Å². The number of rotatable bonds is 4. The monoisotopic (exact) mass is 416 g/mol. The molecule has 2 aromatic rings. The van der Waals surface area contributed by atoms with E-state index < -0.39 is 9.84 Å². The van der Waals surface area contributed by atoms with Gasteiger partial charge >= 0.3 is 0 Å². The zero-order chi connectivity index (χ0) is 19.9. The van der Waals surface area contributed by atoms with Gasteiger partial charge in [-0.05, 0) is 43.2 Å². The molecule has 1 fully saturated rings. The summed E-state index contributed by atoms with van der Waals surface area (Å²) in [5, 5.41) is 0.910. The van der Waals surface area contributed by atoms with Crippen molar-refractivity contribution < 1.29 is 13.2 Å². The molecule has 28 heavy (non-hydrogen) atoms. The van der Waals surface area contributed by atoms with Gasteiger partial charge in [-0.1, -0.05) is 41.6 Å². The van der Waals surface area contributed by atoms with E-state index in [2.05, 4.69) is 36.9 Å². The van der Waals surface area contributed by atoms with Gasteiger partial charge in [-0.25, -0.2) is 8.42 Å². The predicted octanol–water partition coefficient (Wildman–Crippen LogP) is 3.59. The van der Waals surface area contributed by atoms with Gasteiger partial charge in [0, 0.05) is 11.4 Å². The van der Waals surface area contributed by atoms with Crippen molar-refractivity contribution in [1.82, 2.24) is 0 Å². The van der Waals surface area contributed by atoms with Crippen LogP contribution in [0.5, 0.6) is 5.75 Å². The molecule has 0 radical (unpaired) electrons. The van der Waals surface area contributed by atoms with Crippen LogP contribution in [0, 0.1) is 13.8 Å². The number of methoxy groups -OCH3 is 1. The molecule has 2 heterocycles. The predicted molar refractivity (Wildman–Crippen MR) is 116 cm³/mol. The second-order valence-electron chi connectivity index (χ2n) is 7.42. The van der Waals surface area contributed by atoms with Gasteiger partial charge in [-0.2, -0.15) is 0 Å². The molecule has 5 nitrogen and oxygen atoms in total. The van der Waals surface area contributed by atoms with Crippen molar-refractivity contribution >= 4 is 32.5 Å². The van der Waals surface area contributed by atoms with E-state index in [0.29, 0.717) is 0 Å². The second-order valence-corrected chi connectivity index (χ2v) is 10.5. The summed E-state index contributed by atoms with van der Waals surface area (Å²) >= 11 is 1.66. The third-order valence-corrected chi connectivity index (χ3v) is 7.98. The Morgan fingerprint density at radius 1 is 1.14 bits per heavy atom. The maximum Gasteiger partial charge on any atom is 0.164 e. The summed E-state index contributed by atoms with van der Waals surface area (Å²) < 4.78 is 29.6. The van der Waals surface area contributed by atoms with E-state index in [1.807, 2.05) is 24.3 Å². The quantitative estimate of drug-likeness (QED) is 0.762. The highest BCUT2D eigenvalue weighted by atomic mass is 32.2. The van der Waals surface area contributed by atoms with E-state index in [1.54, 1.807) is 18.9 Å². The van der Waals surface area contributed by atoms with E-state index in [9.17, 15) is 8.42 Å². The largest absolute Gasteiger partial charge is 0.497 e. The third-order valence-electron chi connectivity index (χ3n) is 5.25. The lowest BCUT2D eigenvalue weighted by atomic mass is 10.1. The molecule has 0 aliphatic carbocycles. The normalized spacial score (nSPS) is 22.8. The van der Waals surface area contributed by atoms with Crippen molar-refractivity contribution in [3.63, 3.8) is 0 Å². The molecule has 0 aromatic heterocycles. The van der Waals surface area contributed by atoms with Crippen molar-refractivity contribution in [2.75, 3.05) is 23.5 Å². The van der Waals surface area contributed by atoms with Gasteiger partial charge < -0.3 is 9.64 Å². The summed E-state index contributed by atoms with van der Waals surface area (Å²) in [6.07, 6.45) is 0. The standard InChI is InChI=1S/C21H24N2O3S2/c1-14-4-9-19(15(2)10-14)23-20-13-28(24,25)12-18(20)22-21(23)27-11-16-5-7-17(26-3)8-6-16/h4-10,18,20H,11-13H2,1-3H3/t18-,20+/m0/s1. The summed E-state index contributed by atoms with van der Waals surface area (Å²) in [6, 6.07) is 14.0. The molecule has 2 aliphatic heterocycles. The molecular formula is C21H24N2O3S2. The summed E-state index contributed by atoms with van der Waals surface area (Å²) in [5.74, 6) is 1.92. The van der Waals surface area contributed by atoms with Crippen LogP contribution >= 0.6 is 11.8 Å². The Morgan fingerprint density at radius 3 is 2.57 bits per heavy atom. The molecule has 1 saturated heterocycles. The Hall–Kier alpha value is -1.99. The molecular weight excluding hydrogens is 392 g/mol. The Labute approximate surface area is 170 Å². The molecule has 7 heteroatoms. The summed E-state index contributed by atoms with van der Waals surface area (Å²) in [5.41, 5.74) is 4.57. The van der Waals surface area contributed by atoms with Crippen molar-refractivity contribution in [3.05, 3.63) is 59.2 Å². The first-order chi connectivity index (χ1) is 13.4. The highest BCUT2D eigenvalue weighted by Crippen LogP contribution is 2.37. The Bertz CT molecular complexity index is 1020.